The van der Waals surface area contributed by atoms with E-state index in [1.807, 2.05) is 12.1 Å². The first-order valence-corrected chi connectivity index (χ1v) is 5.19. The molecule has 0 saturated heterocycles. The largest absolute Gasteiger partial charge is 0.330 e. The van der Waals surface area contributed by atoms with Gasteiger partial charge in [-0.25, -0.2) is 0 Å². The summed E-state index contributed by atoms with van der Waals surface area (Å²) in [5.41, 5.74) is 5.38. The van der Waals surface area contributed by atoms with E-state index in [1.165, 1.54) is 4.90 Å². The third kappa shape index (κ3) is 3.27. The molecule has 1 rings (SSSR count). The minimum absolute atomic E-state index is 0.737. The van der Waals surface area contributed by atoms with Gasteiger partial charge in [0, 0.05) is 21.7 Å². The average Bonchev–Trinajstić information content (AvgIpc) is 2.04. The number of hydrogen-bond acceptors (Lipinski definition) is 2. The highest BCUT2D eigenvalue weighted by Gasteiger charge is 1.91. The Kier molecular flexibility index (Phi) is 3.97. The monoisotopic (exact) mass is 231 g/mol. The molecule has 11 heavy (non-hydrogen) atoms. The van der Waals surface area contributed by atoms with E-state index in [0.29, 0.717) is 0 Å². The van der Waals surface area contributed by atoms with Crippen molar-refractivity contribution in [2.75, 3.05) is 12.3 Å². The molecule has 0 aromatic heterocycles. The molecule has 0 bridgehead atoms. The van der Waals surface area contributed by atoms with E-state index in [9.17, 15) is 0 Å². The van der Waals surface area contributed by atoms with Crippen LogP contribution in [0.1, 0.15) is 0 Å². The molecule has 2 N–H and O–H groups in total. The molecule has 1 aromatic carbocycles. The molecule has 0 aliphatic carbocycles. The predicted octanol–water partition coefficient (Wildman–Crippen LogP) is 2.50. The fourth-order valence-electron chi connectivity index (χ4n) is 0.708. The van der Waals surface area contributed by atoms with Gasteiger partial charge in [0.05, 0.1) is 0 Å². The highest BCUT2D eigenvalue weighted by Crippen LogP contribution is 2.19. The number of nitrogens with two attached hydrogens (primary N) is 1. The Bertz CT molecular complexity index is 210. The quantitative estimate of drug-likeness (QED) is 0.810. The van der Waals surface area contributed by atoms with Crippen molar-refractivity contribution in [3.8, 4) is 0 Å². The molecule has 0 radical (unpaired) electrons. The fourth-order valence-corrected chi connectivity index (χ4v) is 1.65. The lowest BCUT2D eigenvalue weighted by Crippen LogP contribution is -2.00. The van der Waals surface area contributed by atoms with Crippen LogP contribution in [-0.4, -0.2) is 12.3 Å². The first-order chi connectivity index (χ1) is 5.33. The maximum absolute atomic E-state index is 5.38. The van der Waals surface area contributed by atoms with Gasteiger partial charge < -0.3 is 5.73 Å². The zero-order valence-corrected chi connectivity index (χ0v) is 8.49. The number of rotatable bonds is 3. The minimum Gasteiger partial charge on any atom is -0.330 e. The Balaban J connectivity index is 2.52. The van der Waals surface area contributed by atoms with Crippen LogP contribution in [0.15, 0.2) is 33.6 Å². The Morgan fingerprint density at radius 3 is 2.45 bits per heavy atom. The molecule has 0 atom stereocenters. The highest BCUT2D eigenvalue weighted by molar-refractivity contribution is 9.10. The van der Waals surface area contributed by atoms with Gasteiger partial charge >= 0.3 is 0 Å². The fraction of sp³-hybridized carbons (Fsp3) is 0.250. The molecule has 1 aromatic rings. The molecule has 0 saturated carbocycles. The third-order valence-corrected chi connectivity index (χ3v) is 2.77. The van der Waals surface area contributed by atoms with Crippen molar-refractivity contribution in [2.45, 2.75) is 4.90 Å². The summed E-state index contributed by atoms with van der Waals surface area (Å²) in [6, 6.07) is 8.26. The molecular formula is C8H10BrNS. The van der Waals surface area contributed by atoms with Crippen LogP contribution in [0, 0.1) is 0 Å². The molecule has 0 fully saturated rings. The second-order valence-corrected chi connectivity index (χ2v) is 4.18. The summed E-state index contributed by atoms with van der Waals surface area (Å²) < 4.78 is 1.12. The molecular weight excluding hydrogens is 222 g/mol. The minimum atomic E-state index is 0.737. The van der Waals surface area contributed by atoms with Crippen molar-refractivity contribution >= 4 is 27.7 Å². The van der Waals surface area contributed by atoms with Crippen molar-refractivity contribution in [2.24, 2.45) is 5.73 Å². The van der Waals surface area contributed by atoms with E-state index in [2.05, 4.69) is 28.1 Å². The molecule has 0 amide bonds. The third-order valence-electron chi connectivity index (χ3n) is 1.20. The molecule has 0 aliphatic heterocycles. The van der Waals surface area contributed by atoms with Gasteiger partial charge in [-0.15, -0.1) is 11.8 Å². The maximum Gasteiger partial charge on any atom is 0.0176 e. The lowest BCUT2D eigenvalue weighted by atomic mass is 10.4. The molecule has 60 valence electrons. The van der Waals surface area contributed by atoms with Crippen LogP contribution in [0.2, 0.25) is 0 Å². The van der Waals surface area contributed by atoms with Gasteiger partial charge in [-0.05, 0) is 24.3 Å². The lowest BCUT2D eigenvalue weighted by molar-refractivity contribution is 1.15. The number of halogens is 1. The molecule has 3 heteroatoms. The summed E-state index contributed by atoms with van der Waals surface area (Å²) >= 11 is 5.16. The zero-order chi connectivity index (χ0) is 8.10. The Hall–Kier alpha value is 0.01000. The lowest BCUT2D eigenvalue weighted by Gasteiger charge is -1.98. The van der Waals surface area contributed by atoms with E-state index in [0.717, 1.165) is 16.8 Å². The second-order valence-electron chi connectivity index (χ2n) is 2.09. The van der Waals surface area contributed by atoms with Gasteiger partial charge in [-0.1, -0.05) is 15.9 Å². The Labute approximate surface area is 79.5 Å². The van der Waals surface area contributed by atoms with Gasteiger partial charge in [0.25, 0.3) is 0 Å². The van der Waals surface area contributed by atoms with Crippen LogP contribution in [0.25, 0.3) is 0 Å². The summed E-state index contributed by atoms with van der Waals surface area (Å²) in [6.45, 7) is 0.737. The van der Waals surface area contributed by atoms with Crippen LogP contribution in [0.3, 0.4) is 0 Å². The molecule has 0 spiro atoms. The van der Waals surface area contributed by atoms with Crippen molar-refractivity contribution in [1.82, 2.24) is 0 Å². The van der Waals surface area contributed by atoms with Crippen LogP contribution in [0.5, 0.6) is 0 Å². The van der Waals surface area contributed by atoms with E-state index in [-0.39, 0.29) is 0 Å². The zero-order valence-electron chi connectivity index (χ0n) is 6.09. The topological polar surface area (TPSA) is 26.0 Å². The van der Waals surface area contributed by atoms with E-state index >= 15 is 0 Å². The first kappa shape index (κ1) is 9.10. The summed E-state index contributed by atoms with van der Waals surface area (Å²) in [4.78, 5) is 1.28. The van der Waals surface area contributed by atoms with Crippen LogP contribution < -0.4 is 5.73 Å². The van der Waals surface area contributed by atoms with Crippen LogP contribution in [0.4, 0.5) is 0 Å². The normalized spacial score (nSPS) is 10.0. The average molecular weight is 232 g/mol. The Morgan fingerprint density at radius 1 is 1.27 bits per heavy atom. The molecule has 0 heterocycles. The van der Waals surface area contributed by atoms with Crippen molar-refractivity contribution in [1.29, 1.82) is 0 Å². The van der Waals surface area contributed by atoms with Crippen molar-refractivity contribution in [3.63, 3.8) is 0 Å². The van der Waals surface area contributed by atoms with E-state index < -0.39 is 0 Å². The smallest absolute Gasteiger partial charge is 0.0176 e. The highest BCUT2D eigenvalue weighted by atomic mass is 79.9. The standard InChI is InChI=1S/C8H10BrNS/c9-7-1-3-8(4-2-7)11-6-5-10/h1-4H,5-6,10H2. The van der Waals surface area contributed by atoms with Crippen molar-refractivity contribution in [3.05, 3.63) is 28.7 Å². The van der Waals surface area contributed by atoms with Crippen LogP contribution >= 0.6 is 27.7 Å². The number of hydrogen-bond donors (Lipinski definition) is 1. The van der Waals surface area contributed by atoms with Crippen molar-refractivity contribution < 1.29 is 0 Å². The summed E-state index contributed by atoms with van der Waals surface area (Å²) in [5.74, 6) is 0.988. The molecule has 0 aliphatic rings. The maximum atomic E-state index is 5.38. The van der Waals surface area contributed by atoms with Gasteiger partial charge in [-0.3, -0.25) is 0 Å². The summed E-state index contributed by atoms with van der Waals surface area (Å²) in [5, 5.41) is 0. The van der Waals surface area contributed by atoms with E-state index in [4.69, 9.17) is 5.73 Å². The van der Waals surface area contributed by atoms with Gasteiger partial charge in [0.2, 0.25) is 0 Å². The van der Waals surface area contributed by atoms with Crippen LogP contribution in [-0.2, 0) is 0 Å². The SMILES string of the molecule is NCCSc1ccc(Br)cc1. The van der Waals surface area contributed by atoms with Gasteiger partial charge in [-0.2, -0.15) is 0 Å². The molecule has 0 unspecified atom stereocenters. The van der Waals surface area contributed by atoms with E-state index in [1.54, 1.807) is 11.8 Å². The van der Waals surface area contributed by atoms with Gasteiger partial charge in [0.1, 0.15) is 0 Å². The second kappa shape index (κ2) is 4.80. The summed E-state index contributed by atoms with van der Waals surface area (Å²) in [6.07, 6.45) is 0. The number of benzene rings is 1. The first-order valence-electron chi connectivity index (χ1n) is 3.41. The Morgan fingerprint density at radius 2 is 1.91 bits per heavy atom. The number of thioether (sulfide) groups is 1. The summed E-state index contributed by atoms with van der Waals surface area (Å²) in [7, 11) is 0. The van der Waals surface area contributed by atoms with Gasteiger partial charge in [0.15, 0.2) is 0 Å². The predicted molar refractivity (Wildman–Crippen MR) is 53.9 cm³/mol. The molecule has 1 nitrogen and oxygen atoms in total.